The Balaban J connectivity index is 0.00000106. The van der Waals surface area contributed by atoms with E-state index in [-0.39, 0.29) is 0 Å². The normalized spacial score (nSPS) is 25.1. The van der Waals surface area contributed by atoms with Crippen molar-refractivity contribution >= 4 is 0 Å². The van der Waals surface area contributed by atoms with Gasteiger partial charge >= 0.3 is 0 Å². The quantitative estimate of drug-likeness (QED) is 0.657. The molecule has 0 aliphatic heterocycles. The zero-order valence-electron chi connectivity index (χ0n) is 12.3. The Morgan fingerprint density at radius 2 is 1.56 bits per heavy atom. The van der Waals surface area contributed by atoms with Crippen molar-refractivity contribution in [2.24, 2.45) is 5.92 Å². The Labute approximate surface area is 104 Å². The summed E-state index contributed by atoms with van der Waals surface area (Å²) in [5.41, 5.74) is 0. The molecule has 0 bridgehead atoms. The molecule has 0 aromatic rings. The predicted molar refractivity (Wildman–Crippen MR) is 74.9 cm³/mol. The van der Waals surface area contributed by atoms with Gasteiger partial charge in [0.2, 0.25) is 0 Å². The highest BCUT2D eigenvalue weighted by molar-refractivity contribution is 4.77. The van der Waals surface area contributed by atoms with E-state index in [4.69, 9.17) is 0 Å². The van der Waals surface area contributed by atoms with Gasteiger partial charge in [0.1, 0.15) is 0 Å². The fourth-order valence-corrected chi connectivity index (χ4v) is 2.58. The van der Waals surface area contributed by atoms with Gasteiger partial charge in [-0.05, 0) is 51.6 Å². The monoisotopic (exact) mass is 227 g/mol. The summed E-state index contributed by atoms with van der Waals surface area (Å²) in [5, 5.41) is 0. The van der Waals surface area contributed by atoms with Crippen molar-refractivity contribution in [1.82, 2.24) is 4.90 Å². The molecule has 98 valence electrons. The number of hydrogen-bond donors (Lipinski definition) is 0. The fraction of sp³-hybridized carbons (Fsp3) is 1.00. The number of nitrogens with zero attached hydrogens (tertiary/aromatic N) is 1. The Morgan fingerprint density at radius 1 is 1.00 bits per heavy atom. The summed E-state index contributed by atoms with van der Waals surface area (Å²) >= 11 is 0. The van der Waals surface area contributed by atoms with Crippen LogP contribution in [0.3, 0.4) is 0 Å². The molecule has 0 saturated heterocycles. The molecule has 0 unspecified atom stereocenters. The van der Waals surface area contributed by atoms with Gasteiger partial charge in [-0.2, -0.15) is 0 Å². The molecule has 0 spiro atoms. The highest BCUT2D eigenvalue weighted by Gasteiger charge is 2.22. The third-order valence-electron chi connectivity index (χ3n) is 3.88. The van der Waals surface area contributed by atoms with E-state index in [0.717, 1.165) is 12.0 Å². The van der Waals surface area contributed by atoms with Gasteiger partial charge in [0, 0.05) is 6.04 Å². The summed E-state index contributed by atoms with van der Waals surface area (Å²) in [6.45, 7) is 9.92. The molecule has 0 heterocycles. The Morgan fingerprint density at radius 3 is 2.00 bits per heavy atom. The van der Waals surface area contributed by atoms with Crippen molar-refractivity contribution < 1.29 is 0 Å². The first-order valence-corrected chi connectivity index (χ1v) is 7.48. The number of rotatable bonds is 5. The second kappa shape index (κ2) is 10.1. The Bertz CT molecular complexity index is 136. The molecule has 1 saturated carbocycles. The minimum Gasteiger partial charge on any atom is -0.303 e. The van der Waals surface area contributed by atoms with Crippen molar-refractivity contribution in [3.05, 3.63) is 0 Å². The molecule has 1 nitrogen and oxygen atoms in total. The van der Waals surface area contributed by atoms with E-state index in [0.29, 0.717) is 0 Å². The Kier molecular flexibility index (Phi) is 10.1. The summed E-state index contributed by atoms with van der Waals surface area (Å²) in [4.78, 5) is 2.59. The summed E-state index contributed by atoms with van der Waals surface area (Å²) in [6.07, 6.45) is 9.91. The highest BCUT2D eigenvalue weighted by atomic mass is 15.1. The standard InChI is InChI=1S/C13H27N.C2H6/c1-4-6-11-14(3)13-9-7-12(5-2)8-10-13;1-2/h12-13H,4-11H2,1-3H3;1-2H3. The summed E-state index contributed by atoms with van der Waals surface area (Å²) in [6, 6.07) is 0.893. The lowest BCUT2D eigenvalue weighted by Gasteiger charge is -2.34. The molecule has 0 radical (unpaired) electrons. The molecule has 1 fully saturated rings. The van der Waals surface area contributed by atoms with Crippen LogP contribution in [0.2, 0.25) is 0 Å². The summed E-state index contributed by atoms with van der Waals surface area (Å²) in [5.74, 6) is 1.03. The topological polar surface area (TPSA) is 3.24 Å². The molecule has 0 aromatic heterocycles. The van der Waals surface area contributed by atoms with E-state index in [1.165, 1.54) is 51.5 Å². The lowest BCUT2D eigenvalue weighted by atomic mass is 9.84. The van der Waals surface area contributed by atoms with Crippen LogP contribution in [0.1, 0.15) is 72.6 Å². The maximum absolute atomic E-state index is 2.59. The first-order chi connectivity index (χ1) is 7.77. The molecular weight excluding hydrogens is 194 g/mol. The van der Waals surface area contributed by atoms with Crippen molar-refractivity contribution in [2.75, 3.05) is 13.6 Å². The van der Waals surface area contributed by atoms with Crippen molar-refractivity contribution in [3.8, 4) is 0 Å². The van der Waals surface area contributed by atoms with Gasteiger partial charge in [-0.25, -0.2) is 0 Å². The van der Waals surface area contributed by atoms with Gasteiger partial charge in [-0.1, -0.05) is 40.5 Å². The van der Waals surface area contributed by atoms with Gasteiger partial charge in [-0.3, -0.25) is 0 Å². The molecule has 1 heteroatoms. The maximum atomic E-state index is 2.59. The van der Waals surface area contributed by atoms with Gasteiger partial charge in [0.25, 0.3) is 0 Å². The van der Waals surface area contributed by atoms with Crippen LogP contribution in [0.15, 0.2) is 0 Å². The van der Waals surface area contributed by atoms with Crippen molar-refractivity contribution in [3.63, 3.8) is 0 Å². The van der Waals surface area contributed by atoms with E-state index in [2.05, 4.69) is 25.8 Å². The molecule has 0 aromatic carbocycles. The molecule has 1 aliphatic rings. The van der Waals surface area contributed by atoms with Gasteiger partial charge < -0.3 is 4.90 Å². The van der Waals surface area contributed by atoms with Crippen LogP contribution in [-0.4, -0.2) is 24.5 Å². The highest BCUT2D eigenvalue weighted by Crippen LogP contribution is 2.28. The smallest absolute Gasteiger partial charge is 0.00924 e. The Hall–Kier alpha value is -0.0400. The summed E-state index contributed by atoms with van der Waals surface area (Å²) in [7, 11) is 2.31. The lowest BCUT2D eigenvalue weighted by Crippen LogP contribution is -2.35. The van der Waals surface area contributed by atoms with E-state index >= 15 is 0 Å². The van der Waals surface area contributed by atoms with Crippen LogP contribution >= 0.6 is 0 Å². The van der Waals surface area contributed by atoms with Crippen LogP contribution in [0.5, 0.6) is 0 Å². The second-order valence-corrected chi connectivity index (χ2v) is 4.92. The lowest BCUT2D eigenvalue weighted by molar-refractivity contribution is 0.162. The average molecular weight is 227 g/mol. The SMILES string of the molecule is CC.CCCCN(C)C1CCC(CC)CC1. The first-order valence-electron chi connectivity index (χ1n) is 7.48. The van der Waals surface area contributed by atoms with Crippen LogP contribution in [0.25, 0.3) is 0 Å². The third kappa shape index (κ3) is 5.89. The average Bonchev–Trinajstić information content (AvgIpc) is 2.38. The van der Waals surface area contributed by atoms with Crippen molar-refractivity contribution in [2.45, 2.75) is 78.7 Å². The molecular formula is C15H33N. The van der Waals surface area contributed by atoms with E-state index < -0.39 is 0 Å². The second-order valence-electron chi connectivity index (χ2n) is 4.92. The van der Waals surface area contributed by atoms with Crippen LogP contribution in [-0.2, 0) is 0 Å². The largest absolute Gasteiger partial charge is 0.303 e. The van der Waals surface area contributed by atoms with Crippen LogP contribution in [0.4, 0.5) is 0 Å². The third-order valence-corrected chi connectivity index (χ3v) is 3.88. The van der Waals surface area contributed by atoms with Gasteiger partial charge in [0.05, 0.1) is 0 Å². The number of unbranched alkanes of at least 4 members (excludes halogenated alkanes) is 1. The first kappa shape index (κ1) is 16.0. The molecule has 1 aliphatic carbocycles. The molecule has 0 amide bonds. The van der Waals surface area contributed by atoms with Crippen LogP contribution in [0, 0.1) is 5.92 Å². The minimum atomic E-state index is 0.893. The van der Waals surface area contributed by atoms with E-state index in [1.54, 1.807) is 0 Å². The maximum Gasteiger partial charge on any atom is 0.00924 e. The zero-order valence-corrected chi connectivity index (χ0v) is 12.3. The number of hydrogen-bond acceptors (Lipinski definition) is 1. The van der Waals surface area contributed by atoms with E-state index in [9.17, 15) is 0 Å². The van der Waals surface area contributed by atoms with E-state index in [1.807, 2.05) is 13.8 Å². The zero-order chi connectivity index (χ0) is 12.4. The van der Waals surface area contributed by atoms with Crippen molar-refractivity contribution in [1.29, 1.82) is 0 Å². The fourth-order valence-electron chi connectivity index (χ4n) is 2.58. The molecule has 16 heavy (non-hydrogen) atoms. The minimum absolute atomic E-state index is 0.893. The molecule has 0 N–H and O–H groups in total. The summed E-state index contributed by atoms with van der Waals surface area (Å²) < 4.78 is 0. The molecule has 1 rings (SSSR count). The predicted octanol–water partition coefficient (Wildman–Crippen LogP) is 4.71. The van der Waals surface area contributed by atoms with Gasteiger partial charge in [-0.15, -0.1) is 0 Å². The van der Waals surface area contributed by atoms with Crippen LogP contribution < -0.4 is 0 Å². The van der Waals surface area contributed by atoms with Gasteiger partial charge in [0.15, 0.2) is 0 Å². The molecule has 0 atom stereocenters.